The molecule has 16 nitrogen and oxygen atoms in total. The average Bonchev–Trinajstić information content (AvgIpc) is 1.54. The Morgan fingerprint density at radius 3 is 1.33 bits per heavy atom. The smallest absolute Gasteiger partial charge is 0.493 e. The molecule has 0 saturated carbocycles. The number of aromatic nitrogens is 2. The predicted molar refractivity (Wildman–Crippen MR) is 383 cm³/mol. The van der Waals surface area contributed by atoms with Crippen LogP contribution in [0.4, 0.5) is 0 Å². The van der Waals surface area contributed by atoms with Gasteiger partial charge in [0.05, 0.1) is 57.4 Å². The zero-order chi connectivity index (χ0) is 68.7. The lowest BCUT2D eigenvalue weighted by Gasteiger charge is -2.32. The number of nitrogens with zero attached hydrogens (tertiary/aromatic N) is 2. The van der Waals surface area contributed by atoms with Crippen molar-refractivity contribution in [1.82, 2.24) is 9.36 Å². The number of carbonyl (C=O) groups excluding carboxylic acids is 2. The molecule has 0 spiro atoms. The van der Waals surface area contributed by atoms with Crippen LogP contribution in [0.1, 0.15) is 135 Å². The number of rotatable bonds is 32. The minimum absolute atomic E-state index is 0.366. The Bertz CT molecular complexity index is 4020. The van der Waals surface area contributed by atoms with Crippen molar-refractivity contribution in [3.8, 4) is 68.1 Å². The van der Waals surface area contributed by atoms with Crippen LogP contribution in [0.15, 0.2) is 175 Å². The van der Waals surface area contributed by atoms with E-state index in [-0.39, 0.29) is 0 Å². The van der Waals surface area contributed by atoms with Crippen LogP contribution in [0.25, 0.3) is 10.6 Å². The molecular formula is C78H86BBrN2O14S. The lowest BCUT2D eigenvalue weighted by Crippen LogP contribution is -2.41. The monoisotopic (exact) mass is 1400 g/mol. The quantitative estimate of drug-likeness (QED) is 0.0221. The summed E-state index contributed by atoms with van der Waals surface area (Å²) in [6.45, 7) is 19.3. The molecule has 0 unspecified atom stereocenters. The standard InChI is InChI=1S/C41H49BO8.C37H37BrN2O6S/c1-8-17-31-34(22-15-23-35(31)48-36-21-14-13-20-32(36)39(43)44-7)45-24-16-25-46-37-27-38(47-28-29-18-11-10-12-19-29)33(26-30(37)9-2)42-49-40(3,4)41(5,6)50-42;1-4-13-27-30(18-11-19-31(27)46-32-17-10-9-16-28(32)36(41)42-3)43-20-12-21-44-33-23-34(45-24-25-14-7-6-8-15-25)29(22-26(33)5-2)35-39-37(38)40-47-35/h10-15,18-23,26-27H,8-9,16-17,24-25,28H2,1-7H3;6-11,14-19,22-23H,4-5,12-13,20-21,24H2,1-3H3. The molecule has 0 atom stereocenters. The molecule has 508 valence electrons. The van der Waals surface area contributed by atoms with E-state index in [1.54, 1.807) is 36.4 Å². The molecule has 2 heterocycles. The van der Waals surface area contributed by atoms with E-state index in [1.165, 1.54) is 25.8 Å². The first-order valence-corrected chi connectivity index (χ1v) is 34.6. The second-order valence-electron chi connectivity index (χ2n) is 23.9. The third kappa shape index (κ3) is 19.2. The van der Waals surface area contributed by atoms with Crippen molar-refractivity contribution in [1.29, 1.82) is 0 Å². The third-order valence-corrected chi connectivity index (χ3v) is 17.9. The minimum atomic E-state index is -0.565. The molecule has 0 N–H and O–H groups in total. The van der Waals surface area contributed by atoms with Crippen molar-refractivity contribution in [3.05, 3.63) is 219 Å². The van der Waals surface area contributed by atoms with E-state index >= 15 is 0 Å². The first-order chi connectivity index (χ1) is 47.1. The first-order valence-electron chi connectivity index (χ1n) is 33.0. The van der Waals surface area contributed by atoms with Crippen molar-refractivity contribution in [2.75, 3.05) is 40.6 Å². The molecule has 19 heteroatoms. The highest BCUT2D eigenvalue weighted by atomic mass is 79.9. The molecule has 0 aliphatic carbocycles. The molecule has 0 radical (unpaired) electrons. The fourth-order valence-electron chi connectivity index (χ4n) is 10.7. The van der Waals surface area contributed by atoms with Gasteiger partial charge < -0.3 is 56.7 Å². The van der Waals surface area contributed by atoms with Gasteiger partial charge in [-0.15, -0.1) is 0 Å². The highest BCUT2D eigenvalue weighted by Crippen LogP contribution is 2.42. The van der Waals surface area contributed by atoms with Crippen molar-refractivity contribution in [3.63, 3.8) is 0 Å². The summed E-state index contributed by atoms with van der Waals surface area (Å²) in [4.78, 5) is 29.2. The summed E-state index contributed by atoms with van der Waals surface area (Å²) in [6, 6.07) is 53.8. The van der Waals surface area contributed by atoms with E-state index in [2.05, 4.69) is 92.8 Å². The number of esters is 2. The van der Waals surface area contributed by atoms with Crippen LogP contribution in [0, 0.1) is 0 Å². The number of carbonyl (C=O) groups is 2. The molecule has 1 fully saturated rings. The van der Waals surface area contributed by atoms with Gasteiger partial charge in [0.15, 0.2) is 0 Å². The third-order valence-electron chi connectivity index (χ3n) is 16.5. The van der Waals surface area contributed by atoms with Gasteiger partial charge in [-0.1, -0.05) is 144 Å². The van der Waals surface area contributed by atoms with E-state index in [0.29, 0.717) is 103 Å². The fraction of sp³-hybridized carbons (Fsp3) is 0.333. The molecule has 8 aromatic carbocycles. The molecule has 1 aromatic heterocycles. The van der Waals surface area contributed by atoms with Crippen LogP contribution in [-0.4, -0.2) is 80.3 Å². The number of aryl methyl sites for hydroxylation is 2. The maximum Gasteiger partial charge on any atom is 0.498 e. The summed E-state index contributed by atoms with van der Waals surface area (Å²) >= 11 is 4.69. The fourth-order valence-corrected chi connectivity index (χ4v) is 11.8. The Labute approximate surface area is 583 Å². The lowest BCUT2D eigenvalue weighted by atomic mass is 9.77. The van der Waals surface area contributed by atoms with Crippen LogP contribution >= 0.6 is 27.5 Å². The molecule has 10 rings (SSSR count). The number of benzene rings is 8. The second kappa shape index (κ2) is 35.4. The average molecular weight is 1400 g/mol. The summed E-state index contributed by atoms with van der Waals surface area (Å²) in [6.07, 6.45) is 6.18. The summed E-state index contributed by atoms with van der Waals surface area (Å²) < 4.78 is 78.1. The van der Waals surface area contributed by atoms with E-state index in [9.17, 15) is 9.59 Å². The summed E-state index contributed by atoms with van der Waals surface area (Å²) in [5.74, 6) is 5.66. The Balaban J connectivity index is 0.000000228. The zero-order valence-corrected chi connectivity index (χ0v) is 59.4. The number of halogens is 1. The van der Waals surface area contributed by atoms with Crippen molar-refractivity contribution in [2.45, 2.75) is 131 Å². The van der Waals surface area contributed by atoms with Crippen LogP contribution in [-0.2, 0) is 57.7 Å². The maximum absolute atomic E-state index is 12.3. The molecule has 0 amide bonds. The van der Waals surface area contributed by atoms with Gasteiger partial charge in [0, 0.05) is 41.6 Å². The van der Waals surface area contributed by atoms with Crippen molar-refractivity contribution >= 4 is 52.0 Å². The van der Waals surface area contributed by atoms with Crippen molar-refractivity contribution in [2.24, 2.45) is 0 Å². The van der Waals surface area contributed by atoms with Crippen LogP contribution in [0.2, 0.25) is 0 Å². The van der Waals surface area contributed by atoms with Gasteiger partial charge in [0.1, 0.15) is 86.8 Å². The van der Waals surface area contributed by atoms with Crippen LogP contribution in [0.3, 0.4) is 0 Å². The summed E-state index contributed by atoms with van der Waals surface area (Å²) in [5.41, 5.74) is 7.64. The maximum atomic E-state index is 12.3. The zero-order valence-electron chi connectivity index (χ0n) is 57.0. The first kappa shape index (κ1) is 72.4. The SMILES string of the molecule is CCCc1c(OCCCOc2cc(OCc3ccccc3)c(-c3nc(Br)ns3)cc2CC)cccc1Oc1ccccc1C(=O)OC.CCCc1c(OCCCOc2cc(OCc3ccccc3)c(B3OC(C)(C)C(C)(C)O3)cc2CC)cccc1Oc1ccccc1C(=O)OC. The van der Waals surface area contributed by atoms with E-state index in [4.69, 9.17) is 56.7 Å². The van der Waals surface area contributed by atoms with Gasteiger partial charge in [0.2, 0.25) is 4.73 Å². The van der Waals surface area contributed by atoms with Crippen molar-refractivity contribution < 1.29 is 66.3 Å². The van der Waals surface area contributed by atoms with Crippen LogP contribution < -0.4 is 43.4 Å². The Hall–Kier alpha value is -8.88. The summed E-state index contributed by atoms with van der Waals surface area (Å²) in [7, 11) is 2.15. The number of para-hydroxylation sites is 2. The molecule has 1 saturated heterocycles. The van der Waals surface area contributed by atoms with E-state index in [0.717, 1.165) is 111 Å². The normalized spacial score (nSPS) is 12.8. The molecular weight excluding hydrogens is 1310 g/mol. The van der Waals surface area contributed by atoms with E-state index in [1.807, 2.05) is 121 Å². The number of hydrogen-bond acceptors (Lipinski definition) is 17. The minimum Gasteiger partial charge on any atom is -0.493 e. The largest absolute Gasteiger partial charge is 0.498 e. The topological polar surface area (TPSA) is 171 Å². The summed E-state index contributed by atoms with van der Waals surface area (Å²) in [5, 5.41) is 0.775. The van der Waals surface area contributed by atoms with Gasteiger partial charge in [-0.2, -0.15) is 4.37 Å². The number of hydrogen-bond donors (Lipinski definition) is 0. The van der Waals surface area contributed by atoms with Crippen LogP contribution in [0.5, 0.6) is 57.5 Å². The number of ether oxygens (including phenoxy) is 10. The molecule has 1 aliphatic heterocycles. The lowest BCUT2D eigenvalue weighted by molar-refractivity contribution is 0.00578. The van der Waals surface area contributed by atoms with Gasteiger partial charge >= 0.3 is 19.1 Å². The van der Waals surface area contributed by atoms with E-state index < -0.39 is 30.3 Å². The van der Waals surface area contributed by atoms with Gasteiger partial charge in [0.25, 0.3) is 0 Å². The molecule has 9 aromatic rings. The van der Waals surface area contributed by atoms with Gasteiger partial charge in [-0.3, -0.25) is 0 Å². The van der Waals surface area contributed by atoms with Gasteiger partial charge in [-0.05, 0) is 158 Å². The second-order valence-corrected chi connectivity index (χ2v) is 25.4. The van der Waals surface area contributed by atoms with Gasteiger partial charge in [-0.25, -0.2) is 14.6 Å². The Morgan fingerprint density at radius 2 is 0.887 bits per heavy atom. The Kier molecular flexibility index (Phi) is 26.4. The molecule has 97 heavy (non-hydrogen) atoms. The molecule has 0 bridgehead atoms. The highest BCUT2D eigenvalue weighted by molar-refractivity contribution is 9.10. The highest BCUT2D eigenvalue weighted by Gasteiger charge is 2.52. The Morgan fingerprint density at radius 1 is 0.474 bits per heavy atom. The number of methoxy groups -OCH3 is 2. The molecule has 1 aliphatic rings. The predicted octanol–water partition coefficient (Wildman–Crippen LogP) is 18.0.